The van der Waals surface area contributed by atoms with Crippen molar-refractivity contribution in [1.82, 2.24) is 0 Å². The highest BCUT2D eigenvalue weighted by atomic mass is 28.4. The highest BCUT2D eigenvalue weighted by molar-refractivity contribution is 6.75. The SMILES string of the molecule is C#CC[C@H](O[Si](C)(C)C(C)(C)C)[C@H](OCCCO[Si](C)(C)C(C)(C)C)[C@@H](C=C)O[Si](C)(C)C(C)(C)C. The average molecular weight is 557 g/mol. The van der Waals surface area contributed by atoms with Crippen molar-refractivity contribution < 1.29 is 18.0 Å². The predicted octanol–water partition coefficient (Wildman–Crippen LogP) is 8.77. The van der Waals surface area contributed by atoms with Crippen LogP contribution in [-0.2, 0) is 18.0 Å². The van der Waals surface area contributed by atoms with Crippen LogP contribution in [0.5, 0.6) is 0 Å². The van der Waals surface area contributed by atoms with Crippen molar-refractivity contribution in [2.75, 3.05) is 13.2 Å². The highest BCUT2D eigenvalue weighted by Crippen LogP contribution is 2.41. The van der Waals surface area contributed by atoms with Gasteiger partial charge in [-0.3, -0.25) is 0 Å². The second-order valence-electron chi connectivity index (χ2n) is 14.7. The molecule has 0 amide bonds. The van der Waals surface area contributed by atoms with E-state index < -0.39 is 25.0 Å². The van der Waals surface area contributed by atoms with E-state index in [-0.39, 0.29) is 33.4 Å². The molecule has 0 N–H and O–H groups in total. The molecule has 7 heteroatoms. The van der Waals surface area contributed by atoms with Crippen LogP contribution < -0.4 is 0 Å². The number of ether oxygens (including phenoxy) is 1. The third-order valence-electron chi connectivity index (χ3n) is 8.60. The first kappa shape index (κ1) is 35.8. The second-order valence-corrected chi connectivity index (χ2v) is 29.0. The molecule has 0 aromatic heterocycles. The van der Waals surface area contributed by atoms with Gasteiger partial charge in [-0.15, -0.1) is 18.9 Å². The van der Waals surface area contributed by atoms with E-state index in [0.717, 1.165) is 6.42 Å². The Labute approximate surface area is 228 Å². The Morgan fingerprint density at radius 3 is 1.58 bits per heavy atom. The summed E-state index contributed by atoms with van der Waals surface area (Å²) >= 11 is 0. The van der Waals surface area contributed by atoms with Crippen LogP contribution >= 0.6 is 0 Å². The molecular weight excluding hydrogens is 497 g/mol. The van der Waals surface area contributed by atoms with Crippen LogP contribution in [-0.4, -0.2) is 56.5 Å². The van der Waals surface area contributed by atoms with Gasteiger partial charge in [0, 0.05) is 19.6 Å². The lowest BCUT2D eigenvalue weighted by atomic mass is 10.1. The summed E-state index contributed by atoms with van der Waals surface area (Å²) in [5.74, 6) is 2.85. The zero-order chi connectivity index (χ0) is 28.8. The van der Waals surface area contributed by atoms with Crippen molar-refractivity contribution >= 4 is 25.0 Å². The van der Waals surface area contributed by atoms with E-state index in [2.05, 4.69) is 114 Å². The monoisotopic (exact) mass is 556 g/mol. The Bertz CT molecular complexity index is 719. The van der Waals surface area contributed by atoms with Gasteiger partial charge in [-0.25, -0.2) is 0 Å². The lowest BCUT2D eigenvalue weighted by Crippen LogP contribution is -2.53. The van der Waals surface area contributed by atoms with E-state index in [0.29, 0.717) is 19.6 Å². The zero-order valence-corrected chi connectivity index (χ0v) is 29.6. The van der Waals surface area contributed by atoms with Gasteiger partial charge in [0.25, 0.3) is 0 Å². The zero-order valence-electron chi connectivity index (χ0n) is 26.6. The molecule has 0 aliphatic heterocycles. The fourth-order valence-corrected chi connectivity index (χ4v) is 6.58. The van der Waals surface area contributed by atoms with Crippen LogP contribution in [0.2, 0.25) is 54.4 Å². The largest absolute Gasteiger partial charge is 0.417 e. The molecule has 0 saturated carbocycles. The minimum Gasteiger partial charge on any atom is -0.417 e. The van der Waals surface area contributed by atoms with Gasteiger partial charge < -0.3 is 18.0 Å². The van der Waals surface area contributed by atoms with Crippen molar-refractivity contribution in [2.45, 2.75) is 148 Å². The summed E-state index contributed by atoms with van der Waals surface area (Å²) in [6, 6.07) is 0. The van der Waals surface area contributed by atoms with Crippen LogP contribution in [0.1, 0.15) is 75.2 Å². The number of terminal acetylenes is 1. The molecule has 0 unspecified atom stereocenters. The third-order valence-corrected chi connectivity index (χ3v) is 22.1. The summed E-state index contributed by atoms with van der Waals surface area (Å²) in [7, 11) is -5.97. The first-order valence-electron chi connectivity index (χ1n) is 13.6. The molecule has 0 bridgehead atoms. The molecule has 0 saturated heterocycles. The number of hydrogen-bond acceptors (Lipinski definition) is 4. The Morgan fingerprint density at radius 1 is 0.750 bits per heavy atom. The Hall–Kier alpha value is -0.209. The topological polar surface area (TPSA) is 36.9 Å². The molecule has 3 atom stereocenters. The van der Waals surface area contributed by atoms with E-state index in [1.807, 2.05) is 6.08 Å². The molecule has 36 heavy (non-hydrogen) atoms. The van der Waals surface area contributed by atoms with Gasteiger partial charge in [0.2, 0.25) is 0 Å². The molecule has 0 spiro atoms. The Kier molecular flexibility index (Phi) is 13.2. The summed E-state index contributed by atoms with van der Waals surface area (Å²) in [4.78, 5) is 0. The van der Waals surface area contributed by atoms with Gasteiger partial charge in [-0.1, -0.05) is 68.4 Å². The molecule has 0 fully saturated rings. The van der Waals surface area contributed by atoms with E-state index in [4.69, 9.17) is 24.4 Å². The average Bonchev–Trinajstić information content (AvgIpc) is 2.66. The Balaban J connectivity index is 5.89. The normalized spacial score (nSPS) is 16.8. The van der Waals surface area contributed by atoms with Crippen molar-refractivity contribution in [1.29, 1.82) is 0 Å². The number of hydrogen-bond donors (Lipinski definition) is 0. The van der Waals surface area contributed by atoms with Gasteiger partial charge in [-0.2, -0.15) is 0 Å². The van der Waals surface area contributed by atoms with Crippen LogP contribution in [0, 0.1) is 12.3 Å². The van der Waals surface area contributed by atoms with Gasteiger partial charge >= 0.3 is 0 Å². The van der Waals surface area contributed by atoms with Crippen molar-refractivity contribution in [3.8, 4) is 12.3 Å². The summed E-state index contributed by atoms with van der Waals surface area (Å²) in [6.07, 6.45) is 8.15. The molecule has 0 rings (SSSR count). The maximum atomic E-state index is 6.88. The second kappa shape index (κ2) is 13.2. The van der Waals surface area contributed by atoms with Gasteiger partial charge in [-0.05, 0) is 60.8 Å². The third kappa shape index (κ3) is 10.5. The van der Waals surface area contributed by atoms with Crippen molar-refractivity contribution in [3.05, 3.63) is 12.7 Å². The smallest absolute Gasteiger partial charge is 0.193 e. The Morgan fingerprint density at radius 2 is 1.19 bits per heavy atom. The van der Waals surface area contributed by atoms with Crippen LogP contribution in [0.3, 0.4) is 0 Å². The molecule has 0 aromatic carbocycles. The number of rotatable bonds is 14. The van der Waals surface area contributed by atoms with Crippen molar-refractivity contribution in [2.24, 2.45) is 0 Å². The standard InChI is InChI=1S/C29H60O4Si3/c1-18-21-25(33-36(16,17)29(9,10)11)26(24(19-2)32-35(14,15)28(6,7)8)30-22-20-23-31-34(12,13)27(3,4)5/h1,19,24-26H,2,20-23H2,3-17H3/t24-,25+,26-/m1/s1. The first-order valence-corrected chi connectivity index (χ1v) is 22.3. The van der Waals surface area contributed by atoms with Gasteiger partial charge in [0.05, 0.1) is 12.2 Å². The van der Waals surface area contributed by atoms with Crippen molar-refractivity contribution in [3.63, 3.8) is 0 Å². The molecule has 0 aromatic rings. The minimum absolute atomic E-state index is 0.0609. The maximum Gasteiger partial charge on any atom is 0.193 e. The summed E-state index contributed by atoms with van der Waals surface area (Å²) in [6.45, 7) is 39.3. The fraction of sp³-hybridized carbons (Fsp3) is 0.862. The molecule has 4 nitrogen and oxygen atoms in total. The maximum absolute atomic E-state index is 6.88. The predicted molar refractivity (Wildman–Crippen MR) is 165 cm³/mol. The van der Waals surface area contributed by atoms with Crippen LogP contribution in [0.25, 0.3) is 0 Å². The lowest BCUT2D eigenvalue weighted by molar-refractivity contribution is -0.0769. The summed E-state index contributed by atoms with van der Waals surface area (Å²) in [5.41, 5.74) is 0. The quantitative estimate of drug-likeness (QED) is 0.0927. The van der Waals surface area contributed by atoms with E-state index in [9.17, 15) is 0 Å². The van der Waals surface area contributed by atoms with E-state index >= 15 is 0 Å². The molecule has 0 aliphatic carbocycles. The van der Waals surface area contributed by atoms with Crippen LogP contribution in [0.15, 0.2) is 12.7 Å². The molecule has 212 valence electrons. The summed E-state index contributed by atoms with van der Waals surface area (Å²) < 4.78 is 26.7. The molecule has 0 heterocycles. The van der Waals surface area contributed by atoms with Gasteiger partial charge in [0.15, 0.2) is 25.0 Å². The molecule has 0 aliphatic rings. The molecule has 0 radical (unpaired) electrons. The van der Waals surface area contributed by atoms with Gasteiger partial charge in [0.1, 0.15) is 6.10 Å². The first-order chi connectivity index (χ1) is 15.9. The summed E-state index contributed by atoms with van der Waals surface area (Å²) in [5, 5.41) is 0.319. The highest BCUT2D eigenvalue weighted by Gasteiger charge is 2.45. The van der Waals surface area contributed by atoms with E-state index in [1.54, 1.807) is 0 Å². The fourth-order valence-electron chi connectivity index (χ4n) is 2.90. The minimum atomic E-state index is -2.10. The molecular formula is C29H60O4Si3. The van der Waals surface area contributed by atoms with Crippen LogP contribution in [0.4, 0.5) is 0 Å². The van der Waals surface area contributed by atoms with E-state index in [1.165, 1.54) is 0 Å². The lowest BCUT2D eigenvalue weighted by Gasteiger charge is -2.45.